The summed E-state index contributed by atoms with van der Waals surface area (Å²) in [5.74, 6) is -0.985. The van der Waals surface area contributed by atoms with Gasteiger partial charge in [0.15, 0.2) is 0 Å². The first-order valence-corrected chi connectivity index (χ1v) is 4.50. The highest BCUT2D eigenvalue weighted by Crippen LogP contribution is 2.23. The van der Waals surface area contributed by atoms with E-state index in [9.17, 15) is 4.79 Å². The number of rotatable bonds is 2. The van der Waals surface area contributed by atoms with Crippen LogP contribution in [0.4, 0.5) is 0 Å². The van der Waals surface area contributed by atoms with Crippen molar-refractivity contribution in [3.63, 3.8) is 0 Å². The van der Waals surface area contributed by atoms with E-state index in [1.54, 1.807) is 12.3 Å². The second-order valence-electron chi connectivity index (χ2n) is 2.47. The predicted molar refractivity (Wildman–Crippen MR) is 50.1 cm³/mol. The molecule has 0 aliphatic carbocycles. The van der Waals surface area contributed by atoms with E-state index in [1.165, 1.54) is 12.5 Å². The normalized spacial score (nSPS) is 10.0. The largest absolute Gasteiger partial charge is 0.477 e. The minimum Gasteiger partial charge on any atom is -0.477 e. The highest BCUT2D eigenvalue weighted by atomic mass is 32.1. The van der Waals surface area contributed by atoms with E-state index in [4.69, 9.17) is 5.11 Å². The van der Waals surface area contributed by atoms with Gasteiger partial charge in [-0.05, 0) is 17.6 Å². The number of carbonyl (C=O) groups is 1. The zero-order valence-corrected chi connectivity index (χ0v) is 7.73. The van der Waals surface area contributed by atoms with Crippen molar-refractivity contribution in [2.45, 2.75) is 0 Å². The average Bonchev–Trinajstić information content (AvgIpc) is 2.67. The minimum atomic E-state index is -0.985. The molecule has 0 bridgehead atoms. The lowest BCUT2D eigenvalue weighted by Crippen LogP contribution is -1.95. The molecule has 0 aliphatic rings. The first kappa shape index (κ1) is 8.76. The first-order chi connectivity index (χ1) is 6.79. The number of carboxylic acid groups (broad SMARTS) is 1. The molecule has 0 atom stereocenters. The number of aromatic nitrogens is 3. The number of nitrogens with zero attached hydrogens (tertiary/aromatic N) is 3. The van der Waals surface area contributed by atoms with Crippen molar-refractivity contribution in [3.05, 3.63) is 29.7 Å². The summed E-state index contributed by atoms with van der Waals surface area (Å²) in [5.41, 5.74) is 1.11. The van der Waals surface area contributed by atoms with E-state index in [0.29, 0.717) is 11.3 Å². The molecule has 2 heterocycles. The Morgan fingerprint density at radius 1 is 1.50 bits per heavy atom. The monoisotopic (exact) mass is 207 g/mol. The molecule has 2 aromatic heterocycles. The summed E-state index contributed by atoms with van der Waals surface area (Å²) >= 11 is 0.943. The van der Waals surface area contributed by atoms with Gasteiger partial charge in [0.2, 0.25) is 0 Å². The van der Waals surface area contributed by atoms with Gasteiger partial charge in [0, 0.05) is 11.8 Å². The van der Waals surface area contributed by atoms with Crippen molar-refractivity contribution in [2.24, 2.45) is 0 Å². The molecule has 1 N–H and O–H groups in total. The van der Waals surface area contributed by atoms with Gasteiger partial charge < -0.3 is 5.11 Å². The van der Waals surface area contributed by atoms with Gasteiger partial charge in [-0.15, -0.1) is 0 Å². The fourth-order valence-corrected chi connectivity index (χ4v) is 1.62. The van der Waals surface area contributed by atoms with Crippen LogP contribution in [0.3, 0.4) is 0 Å². The van der Waals surface area contributed by atoms with Crippen molar-refractivity contribution in [3.8, 4) is 11.3 Å². The van der Waals surface area contributed by atoms with Crippen LogP contribution in [0.1, 0.15) is 9.67 Å². The van der Waals surface area contributed by atoms with Crippen molar-refractivity contribution in [2.75, 3.05) is 0 Å². The van der Waals surface area contributed by atoms with Gasteiger partial charge >= 0.3 is 5.97 Å². The van der Waals surface area contributed by atoms with Crippen LogP contribution >= 0.6 is 11.5 Å². The maximum Gasteiger partial charge on any atom is 0.348 e. The van der Waals surface area contributed by atoms with E-state index in [-0.39, 0.29) is 4.88 Å². The molecule has 0 aliphatic heterocycles. The summed E-state index contributed by atoms with van der Waals surface area (Å²) in [7, 11) is 0. The summed E-state index contributed by atoms with van der Waals surface area (Å²) in [6, 6.07) is 1.65. The lowest BCUT2D eigenvalue weighted by Gasteiger charge is -1.95. The van der Waals surface area contributed by atoms with Crippen LogP contribution in [0.5, 0.6) is 0 Å². The zero-order valence-electron chi connectivity index (χ0n) is 6.91. The smallest absolute Gasteiger partial charge is 0.348 e. The molecule has 0 amide bonds. The summed E-state index contributed by atoms with van der Waals surface area (Å²) in [5, 5.41) is 8.84. The molecule has 6 heteroatoms. The average molecular weight is 207 g/mol. The van der Waals surface area contributed by atoms with Crippen LogP contribution in [-0.4, -0.2) is 25.4 Å². The SMILES string of the molecule is O=C(O)c1sncc1-c1ccncn1. The van der Waals surface area contributed by atoms with Gasteiger partial charge in [-0.25, -0.2) is 14.8 Å². The summed E-state index contributed by atoms with van der Waals surface area (Å²) in [6.45, 7) is 0. The third kappa shape index (κ3) is 1.47. The standard InChI is InChI=1S/C8H5N3O2S/c12-8(13)7-5(3-11-14-7)6-1-2-9-4-10-6/h1-4H,(H,12,13). The Bertz CT molecular complexity index is 455. The molecule has 0 radical (unpaired) electrons. The second kappa shape index (κ2) is 3.51. The second-order valence-corrected chi connectivity index (χ2v) is 3.27. The number of hydrogen-bond acceptors (Lipinski definition) is 5. The summed E-state index contributed by atoms with van der Waals surface area (Å²) in [6.07, 6.45) is 4.43. The molecule has 0 saturated heterocycles. The van der Waals surface area contributed by atoms with Crippen LogP contribution in [0, 0.1) is 0 Å². The lowest BCUT2D eigenvalue weighted by atomic mass is 10.2. The van der Waals surface area contributed by atoms with Crippen molar-refractivity contribution in [1.29, 1.82) is 0 Å². The van der Waals surface area contributed by atoms with Crippen LogP contribution in [-0.2, 0) is 0 Å². The molecule has 5 nitrogen and oxygen atoms in total. The molecule has 70 valence electrons. The predicted octanol–water partition coefficient (Wildman–Crippen LogP) is 1.30. The van der Waals surface area contributed by atoms with Gasteiger partial charge in [-0.1, -0.05) is 0 Å². The van der Waals surface area contributed by atoms with E-state index in [1.807, 2.05) is 0 Å². The molecule has 0 fully saturated rings. The Balaban J connectivity index is 2.52. The number of aromatic carboxylic acids is 1. The topological polar surface area (TPSA) is 76.0 Å². The Hall–Kier alpha value is -1.82. The third-order valence-electron chi connectivity index (χ3n) is 1.62. The maximum atomic E-state index is 10.8. The van der Waals surface area contributed by atoms with Crippen LogP contribution in [0.25, 0.3) is 11.3 Å². The molecular formula is C8H5N3O2S. The molecule has 0 aromatic carbocycles. The quantitative estimate of drug-likeness (QED) is 0.803. The molecule has 2 aromatic rings. The van der Waals surface area contributed by atoms with Crippen molar-refractivity contribution < 1.29 is 9.90 Å². The highest BCUT2D eigenvalue weighted by molar-refractivity contribution is 7.08. The fraction of sp³-hybridized carbons (Fsp3) is 0. The Morgan fingerprint density at radius 3 is 3.00 bits per heavy atom. The van der Waals surface area contributed by atoms with Crippen molar-refractivity contribution >= 4 is 17.5 Å². The molecule has 0 saturated carbocycles. The summed E-state index contributed by atoms with van der Waals surface area (Å²) < 4.78 is 3.82. The lowest BCUT2D eigenvalue weighted by molar-refractivity contribution is 0.0703. The fourth-order valence-electron chi connectivity index (χ4n) is 1.03. The van der Waals surface area contributed by atoms with Gasteiger partial charge in [0.25, 0.3) is 0 Å². The number of hydrogen-bond donors (Lipinski definition) is 1. The van der Waals surface area contributed by atoms with Crippen LogP contribution < -0.4 is 0 Å². The molecule has 0 unspecified atom stereocenters. The highest BCUT2D eigenvalue weighted by Gasteiger charge is 2.14. The van der Waals surface area contributed by atoms with E-state index in [0.717, 1.165) is 11.5 Å². The van der Waals surface area contributed by atoms with Gasteiger partial charge in [-0.2, -0.15) is 4.37 Å². The van der Waals surface area contributed by atoms with E-state index >= 15 is 0 Å². The minimum absolute atomic E-state index is 0.198. The van der Waals surface area contributed by atoms with E-state index in [2.05, 4.69) is 14.3 Å². The molecule has 2 rings (SSSR count). The molecule has 0 spiro atoms. The Morgan fingerprint density at radius 2 is 2.36 bits per heavy atom. The van der Waals surface area contributed by atoms with Gasteiger partial charge in [0.05, 0.1) is 11.9 Å². The zero-order chi connectivity index (χ0) is 9.97. The van der Waals surface area contributed by atoms with Gasteiger partial charge in [0.1, 0.15) is 11.2 Å². The number of carboxylic acids is 1. The van der Waals surface area contributed by atoms with Crippen LogP contribution in [0.15, 0.2) is 24.8 Å². The molecule has 14 heavy (non-hydrogen) atoms. The van der Waals surface area contributed by atoms with Gasteiger partial charge in [-0.3, -0.25) is 0 Å². The van der Waals surface area contributed by atoms with Crippen molar-refractivity contribution in [1.82, 2.24) is 14.3 Å². The third-order valence-corrected chi connectivity index (χ3v) is 2.41. The Kier molecular flexibility index (Phi) is 2.19. The molecular weight excluding hydrogens is 202 g/mol. The van der Waals surface area contributed by atoms with E-state index < -0.39 is 5.97 Å². The van der Waals surface area contributed by atoms with Crippen LogP contribution in [0.2, 0.25) is 0 Å². The maximum absolute atomic E-state index is 10.8. The Labute approximate surface area is 83.2 Å². The first-order valence-electron chi connectivity index (χ1n) is 3.73. The summed E-state index contributed by atoms with van der Waals surface area (Å²) in [4.78, 5) is 18.7.